The zero-order valence-corrected chi connectivity index (χ0v) is 6.53. The lowest BCUT2D eigenvalue weighted by atomic mass is 10.6. The van der Waals surface area contributed by atoms with Gasteiger partial charge in [-0.05, 0) is 0 Å². The van der Waals surface area contributed by atoms with Crippen LogP contribution in [0.15, 0.2) is 12.4 Å². The number of aldehydes is 1. The number of nitrogens with zero attached hydrogens (tertiary/aromatic N) is 2. The Labute approximate surface area is 65.3 Å². The normalized spacial score (nSPS) is 8.55. The van der Waals surface area contributed by atoms with Gasteiger partial charge in [0.05, 0.1) is 7.05 Å². The Morgan fingerprint density at radius 3 is 2.91 bits per heavy atom. The Morgan fingerprint density at radius 1 is 1.73 bits per heavy atom. The van der Waals surface area contributed by atoms with Crippen LogP contribution in [0.3, 0.4) is 0 Å². The molecule has 1 rings (SSSR count). The zero-order chi connectivity index (χ0) is 8.27. The first-order valence-electron chi connectivity index (χ1n) is 3.24. The summed E-state index contributed by atoms with van der Waals surface area (Å²) < 4.78 is 3.63. The third-order valence-corrected chi connectivity index (χ3v) is 1.54. The summed E-state index contributed by atoms with van der Waals surface area (Å²) in [5, 5.41) is 0. The average Bonchev–Trinajstić information content (AvgIpc) is 2.31. The van der Waals surface area contributed by atoms with Crippen molar-refractivity contribution < 1.29 is 9.36 Å². The molecule has 0 atom stereocenters. The molecule has 0 amide bonds. The average molecular weight is 149 g/mol. The summed E-state index contributed by atoms with van der Waals surface area (Å²) in [6.45, 7) is 1.93. The summed E-state index contributed by atoms with van der Waals surface area (Å²) in [6, 6.07) is 2.66. The second-order valence-corrected chi connectivity index (χ2v) is 2.20. The van der Waals surface area contributed by atoms with E-state index in [0.717, 1.165) is 5.82 Å². The Balaban J connectivity index is 3.05. The lowest BCUT2D eigenvalue weighted by Gasteiger charge is -1.84. The number of rotatable bonds is 0. The van der Waals surface area contributed by atoms with Crippen molar-refractivity contribution in [3.8, 4) is 12.0 Å². The van der Waals surface area contributed by atoms with Crippen LogP contribution in [-0.2, 0) is 11.8 Å². The first-order valence-corrected chi connectivity index (χ1v) is 3.24. The monoisotopic (exact) mass is 149 g/mol. The predicted octanol–water partition coefficient (Wildman–Crippen LogP) is -0.371. The van der Waals surface area contributed by atoms with E-state index in [1.54, 1.807) is 4.57 Å². The molecule has 0 bridgehead atoms. The summed E-state index contributed by atoms with van der Waals surface area (Å²) in [5.41, 5.74) is 0. The van der Waals surface area contributed by atoms with E-state index in [1.165, 1.54) is 0 Å². The molecular formula is C8H9N2O+. The van der Waals surface area contributed by atoms with Gasteiger partial charge in [0.2, 0.25) is 0 Å². The Morgan fingerprint density at radius 2 is 2.45 bits per heavy atom. The Kier molecular flexibility index (Phi) is 2.07. The highest BCUT2D eigenvalue weighted by atomic mass is 16.1. The minimum atomic E-state index is 0.583. The number of hydrogen-bond donors (Lipinski definition) is 0. The summed E-state index contributed by atoms with van der Waals surface area (Å²) >= 11 is 0. The highest BCUT2D eigenvalue weighted by Gasteiger charge is 2.04. The fourth-order valence-corrected chi connectivity index (χ4v) is 0.766. The molecule has 0 aliphatic carbocycles. The number of aryl methyl sites for hydroxylation is 1. The first-order chi connectivity index (χ1) is 5.25. The van der Waals surface area contributed by atoms with Crippen molar-refractivity contribution >= 4 is 6.29 Å². The molecule has 56 valence electrons. The quantitative estimate of drug-likeness (QED) is 0.281. The summed E-state index contributed by atoms with van der Waals surface area (Å²) in [5.74, 6) is 3.34. The zero-order valence-electron chi connectivity index (χ0n) is 6.53. The second kappa shape index (κ2) is 3.02. The van der Waals surface area contributed by atoms with Crippen LogP contribution in [0, 0.1) is 18.9 Å². The van der Waals surface area contributed by atoms with Crippen LogP contribution >= 0.6 is 0 Å². The fourth-order valence-electron chi connectivity index (χ4n) is 0.766. The van der Waals surface area contributed by atoms with Gasteiger partial charge in [-0.3, -0.25) is 4.79 Å². The van der Waals surface area contributed by atoms with Gasteiger partial charge in [0, 0.05) is 12.8 Å². The van der Waals surface area contributed by atoms with Crippen molar-refractivity contribution in [2.45, 2.75) is 6.92 Å². The van der Waals surface area contributed by atoms with Crippen molar-refractivity contribution in [3.05, 3.63) is 18.2 Å². The maximum Gasteiger partial charge on any atom is 0.266 e. The van der Waals surface area contributed by atoms with E-state index < -0.39 is 0 Å². The molecule has 0 aromatic carbocycles. The van der Waals surface area contributed by atoms with Crippen molar-refractivity contribution in [1.82, 2.24) is 4.57 Å². The maximum atomic E-state index is 9.90. The molecular weight excluding hydrogens is 140 g/mol. The minimum Gasteiger partial charge on any atom is -0.288 e. The van der Waals surface area contributed by atoms with E-state index in [1.807, 2.05) is 30.9 Å². The molecule has 1 aromatic heterocycles. The van der Waals surface area contributed by atoms with Crippen molar-refractivity contribution in [2.24, 2.45) is 7.05 Å². The van der Waals surface area contributed by atoms with Crippen LogP contribution in [0.5, 0.6) is 0 Å². The molecule has 0 spiro atoms. The van der Waals surface area contributed by atoms with Gasteiger partial charge in [-0.15, -0.1) is 0 Å². The third kappa shape index (κ3) is 1.47. The number of carbonyl (C=O) groups excluding carboxylic acids is 1. The number of carbonyl (C=O) groups is 1. The van der Waals surface area contributed by atoms with Gasteiger partial charge in [-0.25, -0.2) is 4.57 Å². The molecule has 0 radical (unpaired) electrons. The van der Waals surface area contributed by atoms with E-state index >= 15 is 0 Å². The molecule has 1 heterocycles. The van der Waals surface area contributed by atoms with Gasteiger partial charge in [-0.2, -0.15) is 4.57 Å². The minimum absolute atomic E-state index is 0.583. The van der Waals surface area contributed by atoms with Gasteiger partial charge < -0.3 is 0 Å². The van der Waals surface area contributed by atoms with Crippen LogP contribution in [0.25, 0.3) is 0 Å². The van der Waals surface area contributed by atoms with E-state index in [0.29, 0.717) is 6.29 Å². The molecule has 11 heavy (non-hydrogen) atoms. The molecule has 1 aromatic rings. The largest absolute Gasteiger partial charge is 0.288 e. The van der Waals surface area contributed by atoms with Crippen LogP contribution in [0.2, 0.25) is 0 Å². The van der Waals surface area contributed by atoms with Gasteiger partial charge in [0.25, 0.3) is 5.82 Å². The van der Waals surface area contributed by atoms with Crippen LogP contribution in [0.4, 0.5) is 0 Å². The van der Waals surface area contributed by atoms with Crippen molar-refractivity contribution in [2.75, 3.05) is 0 Å². The van der Waals surface area contributed by atoms with Crippen LogP contribution in [-0.4, -0.2) is 10.9 Å². The number of aromatic nitrogens is 2. The second-order valence-electron chi connectivity index (χ2n) is 2.20. The van der Waals surface area contributed by atoms with Gasteiger partial charge in [0.15, 0.2) is 6.29 Å². The van der Waals surface area contributed by atoms with E-state index in [4.69, 9.17) is 0 Å². The van der Waals surface area contributed by atoms with E-state index in [-0.39, 0.29) is 0 Å². The number of hydrogen-bond acceptors (Lipinski definition) is 1. The van der Waals surface area contributed by atoms with E-state index in [9.17, 15) is 4.79 Å². The fraction of sp³-hybridized carbons (Fsp3) is 0.250. The molecule has 0 unspecified atom stereocenters. The lowest BCUT2D eigenvalue weighted by Crippen LogP contribution is -2.29. The SMILES string of the molecule is Cc1n(C)cc[n+]1C#CC=O. The highest BCUT2D eigenvalue weighted by Crippen LogP contribution is 1.85. The maximum absolute atomic E-state index is 9.90. The Hall–Kier alpha value is -1.56. The molecule has 0 fully saturated rings. The van der Waals surface area contributed by atoms with Gasteiger partial charge >= 0.3 is 0 Å². The molecule has 0 aliphatic heterocycles. The topological polar surface area (TPSA) is 25.9 Å². The highest BCUT2D eigenvalue weighted by molar-refractivity contribution is 5.71. The number of imidazole rings is 1. The molecule has 0 N–H and O–H groups in total. The first kappa shape index (κ1) is 7.55. The molecule has 0 aliphatic rings. The summed E-state index contributed by atoms with van der Waals surface area (Å²) in [6.07, 6.45) is 4.28. The molecule has 3 nitrogen and oxygen atoms in total. The molecule has 0 saturated heterocycles. The van der Waals surface area contributed by atoms with Gasteiger partial charge in [-0.1, -0.05) is 0 Å². The lowest BCUT2D eigenvalue weighted by molar-refractivity contribution is -0.590. The third-order valence-electron chi connectivity index (χ3n) is 1.54. The predicted molar refractivity (Wildman–Crippen MR) is 39.6 cm³/mol. The standard InChI is InChI=1S/C8H9N2O/c1-8-9(2)5-6-10(8)4-3-7-11/h5-7H,1-2H3/q+1. The van der Waals surface area contributed by atoms with Crippen molar-refractivity contribution in [1.29, 1.82) is 0 Å². The smallest absolute Gasteiger partial charge is 0.266 e. The summed E-state index contributed by atoms with van der Waals surface area (Å²) in [7, 11) is 1.93. The van der Waals surface area contributed by atoms with Crippen LogP contribution in [0.1, 0.15) is 5.82 Å². The Bertz CT molecular complexity index is 328. The van der Waals surface area contributed by atoms with Crippen LogP contribution < -0.4 is 4.57 Å². The molecule has 3 heteroatoms. The van der Waals surface area contributed by atoms with E-state index in [2.05, 4.69) is 12.0 Å². The van der Waals surface area contributed by atoms with Crippen molar-refractivity contribution in [3.63, 3.8) is 0 Å². The van der Waals surface area contributed by atoms with Gasteiger partial charge in [0.1, 0.15) is 18.4 Å². The summed E-state index contributed by atoms with van der Waals surface area (Å²) in [4.78, 5) is 9.90. The molecule has 0 saturated carbocycles.